The van der Waals surface area contributed by atoms with Gasteiger partial charge in [0.25, 0.3) is 0 Å². The first-order valence-electron chi connectivity index (χ1n) is 12.9. The fourth-order valence-electron chi connectivity index (χ4n) is 6.64. The molecule has 38 heavy (non-hydrogen) atoms. The molecule has 0 bridgehead atoms. The van der Waals surface area contributed by atoms with E-state index in [0.29, 0.717) is 16.8 Å². The lowest BCUT2D eigenvalue weighted by atomic mass is 9.59. The summed E-state index contributed by atoms with van der Waals surface area (Å²) in [5, 5.41) is 10.7. The van der Waals surface area contributed by atoms with Crippen LogP contribution in [0, 0.1) is 23.6 Å². The van der Waals surface area contributed by atoms with Gasteiger partial charge in [-0.3, -0.25) is 24.1 Å². The summed E-state index contributed by atoms with van der Waals surface area (Å²) in [6, 6.07) is 11.4. The van der Waals surface area contributed by atoms with E-state index < -0.39 is 35.2 Å². The number of aryl methyl sites for hydroxylation is 1. The van der Waals surface area contributed by atoms with Crippen LogP contribution in [0.25, 0.3) is 0 Å². The van der Waals surface area contributed by atoms with Crippen LogP contribution in [0.1, 0.15) is 43.7 Å². The number of aromatic hydroxyl groups is 1. The maximum atomic E-state index is 14.5. The van der Waals surface area contributed by atoms with Gasteiger partial charge in [0.1, 0.15) is 0 Å². The van der Waals surface area contributed by atoms with Gasteiger partial charge in [-0.25, -0.2) is 4.39 Å². The first-order valence-corrected chi connectivity index (χ1v) is 12.9. The molecule has 0 radical (unpaired) electrons. The SMILES string of the molecule is CCc1ccc(N2C(=O)C3CC=C4C(c5cccc(F)c5O)C5=C(CC4C3C2=O)C(=O)C(C)=CC5=O)cc1. The molecular weight excluding hydrogens is 485 g/mol. The van der Waals surface area contributed by atoms with E-state index in [-0.39, 0.29) is 52.9 Å². The Balaban J connectivity index is 1.48. The maximum Gasteiger partial charge on any atom is 0.238 e. The number of ketones is 2. The number of amides is 2. The van der Waals surface area contributed by atoms with Crippen molar-refractivity contribution in [3.05, 3.63) is 93.9 Å². The highest BCUT2D eigenvalue weighted by molar-refractivity contribution is 6.25. The first kappa shape index (κ1) is 24.2. The Morgan fingerprint density at radius 3 is 2.45 bits per heavy atom. The Kier molecular flexibility index (Phi) is 5.56. The third kappa shape index (κ3) is 3.37. The number of benzene rings is 2. The number of nitrogens with zero attached hydrogens (tertiary/aromatic N) is 1. The largest absolute Gasteiger partial charge is 0.505 e. The average molecular weight is 512 g/mol. The summed E-state index contributed by atoms with van der Waals surface area (Å²) in [5.41, 5.74) is 3.22. The van der Waals surface area contributed by atoms with Crippen LogP contribution in [-0.2, 0) is 25.6 Å². The molecule has 4 aliphatic rings. The van der Waals surface area contributed by atoms with Crippen LogP contribution < -0.4 is 4.90 Å². The standard InChI is InChI=1S/C31H26FNO5/c1-3-16-7-9-17(10-8-16)33-30(37)20-12-11-18-21(26(20)31(33)38)14-22-27(24(34)13-15(2)28(22)35)25(18)19-5-4-6-23(32)29(19)36/h4-11,13,20-21,25-26,36H,3,12,14H2,1-2H3. The molecule has 6 nitrogen and oxygen atoms in total. The van der Waals surface area contributed by atoms with E-state index in [0.717, 1.165) is 18.1 Å². The van der Waals surface area contributed by atoms with Gasteiger partial charge in [0.15, 0.2) is 23.1 Å². The second kappa shape index (κ2) is 8.72. The van der Waals surface area contributed by atoms with Crippen molar-refractivity contribution in [2.45, 2.75) is 39.0 Å². The van der Waals surface area contributed by atoms with Gasteiger partial charge in [0.05, 0.1) is 17.5 Å². The third-order valence-corrected chi connectivity index (χ3v) is 8.49. The van der Waals surface area contributed by atoms with Crippen LogP contribution in [0.15, 0.2) is 76.9 Å². The van der Waals surface area contributed by atoms with Gasteiger partial charge in [-0.2, -0.15) is 0 Å². The second-order valence-corrected chi connectivity index (χ2v) is 10.4. The van der Waals surface area contributed by atoms with Crippen LogP contribution in [-0.4, -0.2) is 28.5 Å². The predicted molar refractivity (Wildman–Crippen MR) is 138 cm³/mol. The minimum atomic E-state index is -0.887. The Labute approximate surface area is 219 Å². The number of fused-ring (bicyclic) bond motifs is 3. The molecule has 6 rings (SSSR count). The van der Waals surface area contributed by atoms with Crippen molar-refractivity contribution in [2.75, 3.05) is 4.90 Å². The summed E-state index contributed by atoms with van der Waals surface area (Å²) < 4.78 is 14.5. The minimum Gasteiger partial charge on any atom is -0.505 e. The number of para-hydroxylation sites is 1. The van der Waals surface area contributed by atoms with Crippen molar-refractivity contribution in [1.29, 1.82) is 0 Å². The average Bonchev–Trinajstić information content (AvgIpc) is 3.17. The minimum absolute atomic E-state index is 0.131. The zero-order valence-electron chi connectivity index (χ0n) is 21.0. The molecule has 192 valence electrons. The van der Waals surface area contributed by atoms with Gasteiger partial charge >= 0.3 is 0 Å². The van der Waals surface area contributed by atoms with Crippen molar-refractivity contribution in [3.63, 3.8) is 0 Å². The highest BCUT2D eigenvalue weighted by atomic mass is 19.1. The molecule has 1 fully saturated rings. The number of hydrogen-bond acceptors (Lipinski definition) is 5. The molecule has 2 aromatic rings. The number of anilines is 1. The maximum absolute atomic E-state index is 14.5. The number of Topliss-reactive ketones (excluding diaryl/α,β-unsaturated/α-hetero) is 1. The van der Waals surface area contributed by atoms with Crippen molar-refractivity contribution in [3.8, 4) is 5.75 Å². The quantitative estimate of drug-likeness (QED) is 0.366. The molecule has 1 aliphatic heterocycles. The van der Waals surface area contributed by atoms with Gasteiger partial charge < -0.3 is 5.11 Å². The van der Waals surface area contributed by atoms with Crippen LogP contribution >= 0.6 is 0 Å². The Bertz CT molecular complexity index is 1530. The first-order chi connectivity index (χ1) is 18.2. The second-order valence-electron chi connectivity index (χ2n) is 10.4. The van der Waals surface area contributed by atoms with E-state index >= 15 is 0 Å². The molecule has 4 unspecified atom stereocenters. The number of carbonyl (C=O) groups is 4. The Morgan fingerprint density at radius 2 is 1.74 bits per heavy atom. The third-order valence-electron chi connectivity index (χ3n) is 8.49. The Morgan fingerprint density at radius 1 is 1.00 bits per heavy atom. The lowest BCUT2D eigenvalue weighted by molar-refractivity contribution is -0.123. The van der Waals surface area contributed by atoms with Crippen molar-refractivity contribution < 1.29 is 28.7 Å². The smallest absolute Gasteiger partial charge is 0.238 e. The fourth-order valence-corrected chi connectivity index (χ4v) is 6.64. The van der Waals surface area contributed by atoms with Gasteiger partial charge in [0, 0.05) is 28.2 Å². The summed E-state index contributed by atoms with van der Waals surface area (Å²) in [5.74, 6) is -5.47. The van der Waals surface area contributed by atoms with Crippen LogP contribution in [0.3, 0.4) is 0 Å². The summed E-state index contributed by atoms with van der Waals surface area (Å²) in [6.45, 7) is 3.59. The fraction of sp³-hybridized carbons (Fsp3) is 0.290. The molecule has 7 heteroatoms. The van der Waals surface area contributed by atoms with E-state index in [9.17, 15) is 28.7 Å². The van der Waals surface area contributed by atoms with Crippen LogP contribution in [0.4, 0.5) is 10.1 Å². The number of carbonyl (C=O) groups excluding carboxylic acids is 4. The summed E-state index contributed by atoms with van der Waals surface area (Å²) in [7, 11) is 0. The molecule has 3 aliphatic carbocycles. The van der Waals surface area contributed by atoms with Crippen LogP contribution in [0.5, 0.6) is 5.75 Å². The number of imide groups is 1. The normalized spacial score (nSPS) is 26.7. The number of rotatable bonds is 3. The molecular formula is C31H26FNO5. The van der Waals surface area contributed by atoms with Crippen LogP contribution in [0.2, 0.25) is 0 Å². The van der Waals surface area contributed by atoms with E-state index in [1.54, 1.807) is 19.1 Å². The van der Waals surface area contributed by atoms with Crippen molar-refractivity contribution in [1.82, 2.24) is 0 Å². The van der Waals surface area contributed by atoms with Crippen molar-refractivity contribution >= 4 is 29.1 Å². The zero-order chi connectivity index (χ0) is 26.9. The molecule has 2 amide bonds. The molecule has 4 atom stereocenters. The summed E-state index contributed by atoms with van der Waals surface area (Å²) in [6.07, 6.45) is 4.36. The predicted octanol–water partition coefficient (Wildman–Crippen LogP) is 4.73. The molecule has 1 N–H and O–H groups in total. The summed E-state index contributed by atoms with van der Waals surface area (Å²) in [4.78, 5) is 55.2. The monoisotopic (exact) mass is 511 g/mol. The van der Waals surface area contributed by atoms with Crippen molar-refractivity contribution in [2.24, 2.45) is 17.8 Å². The molecule has 1 saturated heterocycles. The number of halogens is 1. The summed E-state index contributed by atoms with van der Waals surface area (Å²) >= 11 is 0. The number of allylic oxidation sites excluding steroid dienone is 6. The highest BCUT2D eigenvalue weighted by Crippen LogP contribution is 2.56. The molecule has 2 aromatic carbocycles. The zero-order valence-corrected chi connectivity index (χ0v) is 21.0. The highest BCUT2D eigenvalue weighted by Gasteiger charge is 2.56. The van der Waals surface area contributed by atoms with Gasteiger partial charge in [-0.05, 0) is 61.9 Å². The van der Waals surface area contributed by atoms with Gasteiger partial charge in [0.2, 0.25) is 11.8 Å². The van der Waals surface area contributed by atoms with E-state index in [4.69, 9.17) is 0 Å². The lowest BCUT2D eigenvalue weighted by Gasteiger charge is -2.42. The Hall–Kier alpha value is -4.13. The number of phenolic OH excluding ortho intramolecular Hbond substituents is 1. The van der Waals surface area contributed by atoms with E-state index in [2.05, 4.69) is 0 Å². The van der Waals surface area contributed by atoms with E-state index in [1.807, 2.05) is 25.1 Å². The molecule has 0 saturated carbocycles. The topological polar surface area (TPSA) is 91.8 Å². The molecule has 1 heterocycles. The van der Waals surface area contributed by atoms with E-state index in [1.165, 1.54) is 23.1 Å². The molecule has 0 aromatic heterocycles. The van der Waals surface area contributed by atoms with Gasteiger partial charge in [-0.1, -0.05) is 42.8 Å². The lowest BCUT2D eigenvalue weighted by Crippen LogP contribution is -2.39. The van der Waals surface area contributed by atoms with Gasteiger partial charge in [-0.15, -0.1) is 0 Å². The molecule has 0 spiro atoms. The number of phenols is 1. The number of hydrogen-bond donors (Lipinski definition) is 1.